The van der Waals surface area contributed by atoms with Crippen molar-refractivity contribution in [2.24, 2.45) is 0 Å². The third-order valence-electron chi connectivity index (χ3n) is 2.93. The summed E-state index contributed by atoms with van der Waals surface area (Å²) in [5.41, 5.74) is -4.47. The third-order valence-corrected chi connectivity index (χ3v) is 3.58. The van der Waals surface area contributed by atoms with Crippen LogP contribution in [0.4, 0.5) is 13.2 Å². The number of halogens is 3. The van der Waals surface area contributed by atoms with Gasteiger partial charge in [-0.25, -0.2) is 4.79 Å². The molecule has 124 valence electrons. The molecule has 10 heteroatoms. The summed E-state index contributed by atoms with van der Waals surface area (Å²) in [7, 11) is 0. The summed E-state index contributed by atoms with van der Waals surface area (Å²) < 4.78 is 41.4. The number of carbonyl (C=O) groups is 3. The van der Waals surface area contributed by atoms with E-state index in [2.05, 4.69) is 4.84 Å². The van der Waals surface area contributed by atoms with E-state index in [-0.39, 0.29) is 16.2 Å². The standard InChI is InChI=1S/C14H6F3NO5S/c15-14(16,17)24-10-6-5-9(22-10)13(21)23-18-11(19)7-3-1-2-4-8(7)12(18)20/h1-6H. The Kier molecular flexibility index (Phi) is 3.84. The summed E-state index contributed by atoms with van der Waals surface area (Å²) in [6, 6.07) is 7.71. The zero-order valence-corrected chi connectivity index (χ0v) is 12.3. The fourth-order valence-electron chi connectivity index (χ4n) is 1.98. The maximum absolute atomic E-state index is 12.2. The van der Waals surface area contributed by atoms with Crippen LogP contribution >= 0.6 is 11.8 Å². The van der Waals surface area contributed by atoms with Crippen LogP contribution in [0.2, 0.25) is 0 Å². The number of rotatable bonds is 3. The van der Waals surface area contributed by atoms with Gasteiger partial charge in [0.1, 0.15) is 0 Å². The lowest BCUT2D eigenvalue weighted by Crippen LogP contribution is -2.32. The van der Waals surface area contributed by atoms with Crippen molar-refractivity contribution in [1.29, 1.82) is 0 Å². The highest BCUT2D eigenvalue weighted by Gasteiger charge is 2.39. The molecule has 0 unspecified atom stereocenters. The number of hydroxylamine groups is 2. The van der Waals surface area contributed by atoms with Crippen molar-refractivity contribution in [3.63, 3.8) is 0 Å². The average Bonchev–Trinajstić information content (AvgIpc) is 3.05. The van der Waals surface area contributed by atoms with Crippen LogP contribution in [-0.4, -0.2) is 28.4 Å². The molecule has 0 bridgehead atoms. The van der Waals surface area contributed by atoms with E-state index in [1.807, 2.05) is 0 Å². The molecule has 0 saturated heterocycles. The Labute approximate surface area is 136 Å². The molecular formula is C14H6F3NO5S. The van der Waals surface area contributed by atoms with Crippen molar-refractivity contribution in [2.45, 2.75) is 10.6 Å². The fraction of sp³-hybridized carbons (Fsp3) is 0.0714. The second-order valence-electron chi connectivity index (χ2n) is 4.50. The quantitative estimate of drug-likeness (QED) is 0.620. The summed E-state index contributed by atoms with van der Waals surface area (Å²) in [4.78, 5) is 40.6. The van der Waals surface area contributed by atoms with Gasteiger partial charge in [-0.1, -0.05) is 17.2 Å². The Morgan fingerprint density at radius 2 is 1.62 bits per heavy atom. The Balaban J connectivity index is 1.75. The molecule has 0 radical (unpaired) electrons. The van der Waals surface area contributed by atoms with Crippen molar-refractivity contribution in [2.75, 3.05) is 0 Å². The van der Waals surface area contributed by atoms with Crippen LogP contribution < -0.4 is 0 Å². The molecular weight excluding hydrogens is 351 g/mol. The maximum atomic E-state index is 12.2. The average molecular weight is 357 g/mol. The van der Waals surface area contributed by atoms with E-state index in [1.54, 1.807) is 0 Å². The molecule has 0 saturated carbocycles. The lowest BCUT2D eigenvalue weighted by atomic mass is 10.1. The molecule has 1 aliphatic rings. The van der Waals surface area contributed by atoms with Crippen molar-refractivity contribution in [3.05, 3.63) is 53.3 Å². The highest BCUT2D eigenvalue weighted by Crippen LogP contribution is 2.37. The van der Waals surface area contributed by atoms with E-state index >= 15 is 0 Å². The number of carbonyl (C=O) groups excluding carboxylic acids is 3. The number of hydrogen-bond donors (Lipinski definition) is 0. The van der Waals surface area contributed by atoms with Crippen LogP contribution in [0.25, 0.3) is 0 Å². The van der Waals surface area contributed by atoms with Gasteiger partial charge in [0.2, 0.25) is 5.76 Å². The zero-order valence-electron chi connectivity index (χ0n) is 11.5. The van der Waals surface area contributed by atoms with Crippen molar-refractivity contribution < 1.29 is 36.8 Å². The van der Waals surface area contributed by atoms with Gasteiger partial charge in [-0.05, 0) is 24.3 Å². The Hall–Kier alpha value is -2.75. The van der Waals surface area contributed by atoms with E-state index in [1.165, 1.54) is 24.3 Å². The number of hydrogen-bond acceptors (Lipinski definition) is 6. The molecule has 1 aromatic heterocycles. The van der Waals surface area contributed by atoms with Gasteiger partial charge in [0.25, 0.3) is 11.8 Å². The molecule has 3 rings (SSSR count). The first-order valence-electron chi connectivity index (χ1n) is 6.32. The van der Waals surface area contributed by atoms with Crippen LogP contribution in [0.1, 0.15) is 31.3 Å². The van der Waals surface area contributed by atoms with Crippen molar-refractivity contribution >= 4 is 29.5 Å². The molecule has 0 fully saturated rings. The van der Waals surface area contributed by atoms with Crippen LogP contribution in [0.3, 0.4) is 0 Å². The molecule has 2 amide bonds. The van der Waals surface area contributed by atoms with E-state index in [4.69, 9.17) is 4.42 Å². The van der Waals surface area contributed by atoms with Crippen LogP contribution in [-0.2, 0) is 4.84 Å². The summed E-state index contributed by atoms with van der Waals surface area (Å²) >= 11 is -0.549. The zero-order chi connectivity index (χ0) is 17.5. The summed E-state index contributed by atoms with van der Waals surface area (Å²) in [5, 5.41) is -0.330. The number of thioether (sulfide) groups is 1. The number of amides is 2. The normalized spacial score (nSPS) is 14.0. The minimum Gasteiger partial charge on any atom is -0.442 e. The second kappa shape index (κ2) is 5.71. The summed E-state index contributed by atoms with van der Waals surface area (Å²) in [5.74, 6) is -3.53. The summed E-state index contributed by atoms with van der Waals surface area (Å²) in [6.07, 6.45) is 0. The lowest BCUT2D eigenvalue weighted by molar-refractivity contribution is -0.0606. The number of alkyl halides is 3. The van der Waals surface area contributed by atoms with Crippen LogP contribution in [0, 0.1) is 0 Å². The monoisotopic (exact) mass is 357 g/mol. The van der Waals surface area contributed by atoms with E-state index in [0.717, 1.165) is 12.1 Å². The molecule has 0 aliphatic carbocycles. The fourth-order valence-corrected chi connectivity index (χ4v) is 2.47. The molecule has 24 heavy (non-hydrogen) atoms. The topological polar surface area (TPSA) is 76.8 Å². The largest absolute Gasteiger partial charge is 0.449 e. The van der Waals surface area contributed by atoms with Gasteiger partial charge in [-0.15, -0.1) is 0 Å². The first kappa shape index (κ1) is 16.1. The highest BCUT2D eigenvalue weighted by molar-refractivity contribution is 8.00. The van der Waals surface area contributed by atoms with E-state index in [0.29, 0.717) is 0 Å². The molecule has 1 aromatic carbocycles. The number of fused-ring (bicyclic) bond motifs is 1. The van der Waals surface area contributed by atoms with Gasteiger partial charge < -0.3 is 9.25 Å². The summed E-state index contributed by atoms with van der Waals surface area (Å²) in [6.45, 7) is 0. The molecule has 0 atom stereocenters. The molecule has 1 aliphatic heterocycles. The third kappa shape index (κ3) is 3.00. The lowest BCUT2D eigenvalue weighted by Gasteiger charge is -2.11. The van der Waals surface area contributed by atoms with Gasteiger partial charge in [0.15, 0.2) is 5.09 Å². The Morgan fingerprint density at radius 3 is 2.17 bits per heavy atom. The molecule has 2 aromatic rings. The SMILES string of the molecule is O=C(ON1C(=O)c2ccccc2C1=O)c1ccc(SC(F)(F)F)o1. The first-order valence-corrected chi connectivity index (χ1v) is 7.13. The van der Waals surface area contributed by atoms with E-state index in [9.17, 15) is 27.6 Å². The van der Waals surface area contributed by atoms with Crippen LogP contribution in [0.15, 0.2) is 45.9 Å². The molecule has 2 heterocycles. The van der Waals surface area contributed by atoms with Gasteiger partial charge in [-0.2, -0.15) is 13.2 Å². The Morgan fingerprint density at radius 1 is 1.04 bits per heavy atom. The number of imide groups is 1. The first-order chi connectivity index (χ1) is 11.3. The van der Waals surface area contributed by atoms with Gasteiger partial charge >= 0.3 is 11.5 Å². The predicted octanol–water partition coefficient (Wildman–Crippen LogP) is 3.26. The van der Waals surface area contributed by atoms with Crippen molar-refractivity contribution in [1.82, 2.24) is 5.06 Å². The second-order valence-corrected chi connectivity index (χ2v) is 5.56. The number of benzene rings is 1. The van der Waals surface area contributed by atoms with Crippen LogP contribution in [0.5, 0.6) is 0 Å². The number of furan rings is 1. The number of nitrogens with zero attached hydrogens (tertiary/aromatic N) is 1. The minimum atomic E-state index is -4.58. The highest BCUT2D eigenvalue weighted by atomic mass is 32.2. The van der Waals surface area contributed by atoms with Gasteiger partial charge in [0, 0.05) is 11.8 Å². The predicted molar refractivity (Wildman–Crippen MR) is 73.0 cm³/mol. The Bertz CT molecular complexity index is 810. The smallest absolute Gasteiger partial charge is 0.442 e. The van der Waals surface area contributed by atoms with Crippen molar-refractivity contribution in [3.8, 4) is 0 Å². The van der Waals surface area contributed by atoms with Gasteiger partial charge in [-0.3, -0.25) is 9.59 Å². The minimum absolute atomic E-state index is 0.0584. The maximum Gasteiger partial charge on any atom is 0.449 e. The molecule has 6 nitrogen and oxygen atoms in total. The van der Waals surface area contributed by atoms with Gasteiger partial charge in [0.05, 0.1) is 11.1 Å². The molecule has 0 N–H and O–H groups in total. The molecule has 0 spiro atoms. The van der Waals surface area contributed by atoms with E-state index < -0.39 is 45.9 Å².